The van der Waals surface area contributed by atoms with Crippen molar-refractivity contribution in [1.82, 2.24) is 0 Å². The molecule has 0 spiro atoms. The first-order valence-electron chi connectivity index (χ1n) is 8.53. The van der Waals surface area contributed by atoms with E-state index in [9.17, 15) is 9.59 Å². The summed E-state index contributed by atoms with van der Waals surface area (Å²) >= 11 is 6.05. The maximum Gasteiger partial charge on any atom is 0.262 e. The summed E-state index contributed by atoms with van der Waals surface area (Å²) < 4.78 is 10.6. The van der Waals surface area contributed by atoms with E-state index in [4.69, 9.17) is 21.1 Å². The van der Waals surface area contributed by atoms with E-state index >= 15 is 0 Å². The van der Waals surface area contributed by atoms with E-state index in [0.717, 1.165) is 0 Å². The number of carbonyl (C=O) groups excluding carboxylic acids is 2. The van der Waals surface area contributed by atoms with Crippen LogP contribution >= 0.6 is 11.6 Å². The van der Waals surface area contributed by atoms with Crippen molar-refractivity contribution in [3.05, 3.63) is 88.9 Å². The number of hydrogen-bond donors (Lipinski definition) is 1. The summed E-state index contributed by atoms with van der Waals surface area (Å²) in [5.41, 5.74) is 1.19. The molecule has 0 bridgehead atoms. The third kappa shape index (κ3) is 4.90. The molecule has 0 radical (unpaired) electrons. The minimum absolute atomic E-state index is 0.214. The number of ether oxygens (including phenoxy) is 2. The van der Waals surface area contributed by atoms with Crippen LogP contribution in [0.2, 0.25) is 5.02 Å². The Balaban J connectivity index is 1.73. The average molecular weight is 396 g/mol. The number of hydrogen-bond acceptors (Lipinski definition) is 4. The smallest absolute Gasteiger partial charge is 0.262 e. The molecule has 0 aliphatic carbocycles. The lowest BCUT2D eigenvalue weighted by molar-refractivity contribution is -0.118. The van der Waals surface area contributed by atoms with Gasteiger partial charge >= 0.3 is 0 Å². The first-order valence-corrected chi connectivity index (χ1v) is 8.90. The number of benzene rings is 3. The van der Waals surface area contributed by atoms with E-state index in [1.54, 1.807) is 67.8 Å². The van der Waals surface area contributed by atoms with Gasteiger partial charge in [0, 0.05) is 22.2 Å². The quantitative estimate of drug-likeness (QED) is 0.594. The number of rotatable bonds is 7. The van der Waals surface area contributed by atoms with Gasteiger partial charge in [-0.1, -0.05) is 48.0 Å². The second kappa shape index (κ2) is 9.06. The second-order valence-electron chi connectivity index (χ2n) is 5.90. The van der Waals surface area contributed by atoms with Gasteiger partial charge < -0.3 is 14.8 Å². The van der Waals surface area contributed by atoms with E-state index in [1.165, 1.54) is 6.07 Å². The number of anilines is 1. The Bertz CT molecular complexity index is 989. The molecule has 5 nitrogen and oxygen atoms in total. The Labute approximate surface area is 167 Å². The predicted octanol–water partition coefficient (Wildman–Crippen LogP) is 4.60. The van der Waals surface area contributed by atoms with Gasteiger partial charge in [-0.2, -0.15) is 0 Å². The summed E-state index contributed by atoms with van der Waals surface area (Å²) in [4.78, 5) is 25.1. The molecule has 3 aromatic rings. The molecule has 0 aliphatic rings. The highest BCUT2D eigenvalue weighted by atomic mass is 35.5. The number of amides is 1. The summed E-state index contributed by atoms with van der Waals surface area (Å²) in [5, 5.41) is 3.12. The van der Waals surface area contributed by atoms with Gasteiger partial charge in [0.2, 0.25) is 0 Å². The summed E-state index contributed by atoms with van der Waals surface area (Å²) in [6.45, 7) is -0.214. The molecule has 1 amide bonds. The Morgan fingerprint density at radius 2 is 1.68 bits per heavy atom. The number of halogens is 1. The summed E-state index contributed by atoms with van der Waals surface area (Å²) in [6.07, 6.45) is 0. The van der Waals surface area contributed by atoms with E-state index in [2.05, 4.69) is 5.32 Å². The Morgan fingerprint density at radius 3 is 2.43 bits per heavy atom. The van der Waals surface area contributed by atoms with Crippen molar-refractivity contribution in [2.75, 3.05) is 19.0 Å². The van der Waals surface area contributed by atoms with Crippen LogP contribution < -0.4 is 14.8 Å². The molecule has 28 heavy (non-hydrogen) atoms. The number of nitrogens with one attached hydrogen (secondary N) is 1. The summed E-state index contributed by atoms with van der Waals surface area (Å²) in [5.74, 6) is 0.511. The molecule has 0 saturated carbocycles. The molecule has 0 unspecified atom stereocenters. The van der Waals surface area contributed by atoms with E-state index < -0.39 is 5.91 Å². The van der Waals surface area contributed by atoms with Crippen LogP contribution in [0.25, 0.3) is 0 Å². The molecule has 1 N–H and O–H groups in total. The molecular weight excluding hydrogens is 378 g/mol. The van der Waals surface area contributed by atoms with Crippen LogP contribution in [0.5, 0.6) is 11.5 Å². The molecular formula is C22H18ClNO4. The molecule has 6 heteroatoms. The molecule has 142 valence electrons. The monoisotopic (exact) mass is 395 g/mol. The van der Waals surface area contributed by atoms with Gasteiger partial charge in [-0.05, 0) is 30.3 Å². The van der Waals surface area contributed by atoms with Crippen molar-refractivity contribution in [3.63, 3.8) is 0 Å². The van der Waals surface area contributed by atoms with Gasteiger partial charge in [0.15, 0.2) is 12.4 Å². The minimum Gasteiger partial charge on any atom is -0.497 e. The van der Waals surface area contributed by atoms with Crippen LogP contribution in [-0.2, 0) is 4.79 Å². The van der Waals surface area contributed by atoms with Gasteiger partial charge in [-0.25, -0.2) is 0 Å². The minimum atomic E-state index is -0.396. The van der Waals surface area contributed by atoms with Gasteiger partial charge in [-0.3, -0.25) is 9.59 Å². The van der Waals surface area contributed by atoms with Crippen molar-refractivity contribution in [2.24, 2.45) is 0 Å². The van der Waals surface area contributed by atoms with Crippen molar-refractivity contribution in [3.8, 4) is 11.5 Å². The zero-order chi connectivity index (χ0) is 19.9. The van der Waals surface area contributed by atoms with Crippen LogP contribution in [0.4, 0.5) is 5.69 Å². The van der Waals surface area contributed by atoms with E-state index in [0.29, 0.717) is 33.3 Å². The van der Waals surface area contributed by atoms with Gasteiger partial charge in [0.1, 0.15) is 11.5 Å². The van der Waals surface area contributed by atoms with Crippen molar-refractivity contribution >= 4 is 29.0 Å². The SMILES string of the molecule is COc1cccc(OCC(=O)Nc2ccc(Cl)cc2C(=O)c2ccccc2)c1. The normalized spacial score (nSPS) is 10.2. The van der Waals surface area contributed by atoms with Crippen LogP contribution in [-0.4, -0.2) is 25.4 Å². The van der Waals surface area contributed by atoms with Crippen LogP contribution in [0, 0.1) is 0 Å². The summed E-state index contributed by atoms with van der Waals surface area (Å²) in [7, 11) is 1.55. The molecule has 0 heterocycles. The van der Waals surface area contributed by atoms with E-state index in [1.807, 2.05) is 6.07 Å². The van der Waals surface area contributed by atoms with Crippen LogP contribution in [0.3, 0.4) is 0 Å². The zero-order valence-corrected chi connectivity index (χ0v) is 15.9. The third-order valence-corrected chi connectivity index (χ3v) is 4.18. The number of ketones is 1. The predicted molar refractivity (Wildman–Crippen MR) is 108 cm³/mol. The third-order valence-electron chi connectivity index (χ3n) is 3.95. The highest BCUT2D eigenvalue weighted by Gasteiger charge is 2.16. The van der Waals surface area contributed by atoms with Crippen molar-refractivity contribution in [1.29, 1.82) is 0 Å². The Kier molecular flexibility index (Phi) is 6.29. The lowest BCUT2D eigenvalue weighted by Crippen LogP contribution is -2.21. The van der Waals surface area contributed by atoms with Gasteiger partial charge in [0.25, 0.3) is 5.91 Å². The molecule has 3 rings (SSSR count). The van der Waals surface area contributed by atoms with Crippen molar-refractivity contribution < 1.29 is 19.1 Å². The fourth-order valence-electron chi connectivity index (χ4n) is 2.58. The van der Waals surface area contributed by atoms with Crippen molar-refractivity contribution in [2.45, 2.75) is 0 Å². The standard InChI is InChI=1S/C22H18ClNO4/c1-27-17-8-5-9-18(13-17)28-14-21(25)24-20-11-10-16(23)12-19(20)22(26)15-6-3-2-4-7-15/h2-13H,14H2,1H3,(H,24,25). The highest BCUT2D eigenvalue weighted by molar-refractivity contribution is 6.31. The van der Waals surface area contributed by atoms with Gasteiger partial charge in [-0.15, -0.1) is 0 Å². The first-order chi connectivity index (χ1) is 13.6. The Morgan fingerprint density at radius 1 is 0.929 bits per heavy atom. The van der Waals surface area contributed by atoms with Gasteiger partial charge in [0.05, 0.1) is 12.8 Å². The second-order valence-corrected chi connectivity index (χ2v) is 6.34. The zero-order valence-electron chi connectivity index (χ0n) is 15.1. The molecule has 3 aromatic carbocycles. The fourth-order valence-corrected chi connectivity index (χ4v) is 2.76. The van der Waals surface area contributed by atoms with E-state index in [-0.39, 0.29) is 12.4 Å². The fraction of sp³-hybridized carbons (Fsp3) is 0.0909. The van der Waals surface area contributed by atoms with Crippen LogP contribution in [0.15, 0.2) is 72.8 Å². The molecule has 0 atom stereocenters. The maximum atomic E-state index is 12.8. The summed E-state index contributed by atoms with van der Waals surface area (Å²) in [6, 6.07) is 20.5. The highest BCUT2D eigenvalue weighted by Crippen LogP contribution is 2.24. The molecule has 0 aliphatic heterocycles. The lowest BCUT2D eigenvalue weighted by Gasteiger charge is -2.12. The topological polar surface area (TPSA) is 64.6 Å². The number of carbonyl (C=O) groups is 2. The Hall–Kier alpha value is -3.31. The molecule has 0 saturated heterocycles. The lowest BCUT2D eigenvalue weighted by atomic mass is 10.0. The average Bonchev–Trinajstić information content (AvgIpc) is 2.74. The largest absolute Gasteiger partial charge is 0.497 e. The molecule has 0 aromatic heterocycles. The molecule has 0 fully saturated rings. The first kappa shape index (κ1) is 19.5. The van der Waals surface area contributed by atoms with Crippen LogP contribution in [0.1, 0.15) is 15.9 Å². The number of methoxy groups -OCH3 is 1. The maximum absolute atomic E-state index is 12.8.